The van der Waals surface area contributed by atoms with Crippen molar-refractivity contribution in [1.82, 2.24) is 5.32 Å². The van der Waals surface area contributed by atoms with Crippen LogP contribution in [0.1, 0.15) is 57.8 Å². The topological polar surface area (TPSA) is 64.6 Å². The first-order chi connectivity index (χ1) is 11.5. The molecule has 2 unspecified atom stereocenters. The van der Waals surface area contributed by atoms with Crippen LogP contribution in [0, 0.1) is 0 Å². The van der Waals surface area contributed by atoms with E-state index in [1.165, 1.54) is 11.4 Å². The summed E-state index contributed by atoms with van der Waals surface area (Å²) in [5.41, 5.74) is 0. The molecule has 0 saturated heterocycles. The molecule has 0 radical (unpaired) electrons. The Morgan fingerprint density at radius 1 is 1.21 bits per heavy atom. The Hall–Kier alpha value is -0.450. The Morgan fingerprint density at radius 3 is 2.75 bits per heavy atom. The van der Waals surface area contributed by atoms with Crippen molar-refractivity contribution in [3.05, 3.63) is 12.2 Å². The average molecular weight is 377 g/mol. The number of unbranched alkanes of at least 4 members (excludes halogenated alkanes) is 3. The number of allylic oxidation sites excluding steroid dienone is 2. The van der Waals surface area contributed by atoms with Gasteiger partial charge in [-0.25, -0.2) is 4.79 Å². The second-order valence-electron chi connectivity index (χ2n) is 6.14. The highest BCUT2D eigenvalue weighted by Crippen LogP contribution is 2.54. The van der Waals surface area contributed by atoms with E-state index in [-0.39, 0.29) is 12.2 Å². The molecule has 0 bridgehead atoms. The molecule has 1 rings (SSSR count). The summed E-state index contributed by atoms with van der Waals surface area (Å²) >= 11 is 1.29. The number of hydrogen-bond donors (Lipinski definition) is 1. The Labute approximate surface area is 150 Å². The van der Waals surface area contributed by atoms with Gasteiger partial charge in [-0.15, -0.1) is 0 Å². The summed E-state index contributed by atoms with van der Waals surface area (Å²) in [6, 6.07) is 0. The maximum atomic E-state index is 11.8. The lowest BCUT2D eigenvalue weighted by atomic mass is 10.0. The third kappa shape index (κ3) is 11.2. The van der Waals surface area contributed by atoms with E-state index in [0.29, 0.717) is 13.2 Å². The third-order valence-electron chi connectivity index (χ3n) is 3.99. The molecule has 0 aromatic rings. The summed E-state index contributed by atoms with van der Waals surface area (Å²) in [6.45, 7) is 0.404. The monoisotopic (exact) mass is 377 g/mol. The van der Waals surface area contributed by atoms with Crippen molar-refractivity contribution in [1.29, 1.82) is 0 Å². The summed E-state index contributed by atoms with van der Waals surface area (Å²) in [4.78, 5) is 11.8. The van der Waals surface area contributed by atoms with Crippen LogP contribution in [-0.2, 0) is 13.8 Å². The van der Waals surface area contributed by atoms with Gasteiger partial charge in [-0.1, -0.05) is 36.4 Å². The Kier molecular flexibility index (Phi) is 11.6. The quantitative estimate of drug-likeness (QED) is 0.315. The molecule has 5 nitrogen and oxygen atoms in total. The normalized spacial score (nSPS) is 22.0. The number of carbonyl (C=O) groups is 1. The standard InChI is InChI=1S/C17H32NO4PS/c1-23(20,24-2)21-15-11-7-6-10-14-18-17(19)22-16-12-8-4-3-5-9-13-16/h3-4,16H,5-15H2,1-2H3,(H,18,19)/b4-3+. The number of carbonyl (C=O) groups excluding carboxylic acids is 1. The van der Waals surface area contributed by atoms with E-state index in [0.717, 1.165) is 57.8 Å². The molecule has 1 aliphatic carbocycles. The molecule has 1 aliphatic rings. The molecular weight excluding hydrogens is 345 g/mol. The first-order valence-electron chi connectivity index (χ1n) is 8.91. The van der Waals surface area contributed by atoms with Crippen molar-refractivity contribution in [2.75, 3.05) is 26.1 Å². The van der Waals surface area contributed by atoms with E-state index in [1.807, 2.05) is 0 Å². The molecule has 1 N–H and O–H groups in total. The van der Waals surface area contributed by atoms with Crippen molar-refractivity contribution >= 4 is 24.0 Å². The van der Waals surface area contributed by atoms with Crippen LogP contribution in [0.4, 0.5) is 4.79 Å². The van der Waals surface area contributed by atoms with Crippen LogP contribution in [0.3, 0.4) is 0 Å². The summed E-state index contributed by atoms with van der Waals surface area (Å²) in [5, 5.41) is 2.83. The summed E-state index contributed by atoms with van der Waals surface area (Å²) < 4.78 is 22.5. The fourth-order valence-corrected chi connectivity index (χ4v) is 3.60. The molecule has 0 aromatic carbocycles. The molecule has 140 valence electrons. The third-order valence-corrected chi connectivity index (χ3v) is 7.61. The fraction of sp³-hybridized carbons (Fsp3) is 0.824. The van der Waals surface area contributed by atoms with Crippen LogP contribution in [0.15, 0.2) is 12.2 Å². The molecule has 7 heteroatoms. The number of nitrogens with one attached hydrogen (secondary N) is 1. The second kappa shape index (κ2) is 12.8. The zero-order chi connectivity index (χ0) is 17.7. The molecule has 24 heavy (non-hydrogen) atoms. The molecule has 0 aromatic heterocycles. The average Bonchev–Trinajstić information content (AvgIpc) is 2.52. The predicted octanol–water partition coefficient (Wildman–Crippen LogP) is 5.36. The maximum absolute atomic E-state index is 11.8. The van der Waals surface area contributed by atoms with E-state index >= 15 is 0 Å². The number of rotatable bonds is 10. The van der Waals surface area contributed by atoms with Crippen molar-refractivity contribution in [2.24, 2.45) is 0 Å². The Balaban J connectivity index is 1.97. The van der Waals surface area contributed by atoms with Crippen molar-refractivity contribution in [2.45, 2.75) is 63.9 Å². The minimum atomic E-state index is -2.43. The minimum Gasteiger partial charge on any atom is -0.446 e. The Morgan fingerprint density at radius 2 is 1.96 bits per heavy atom. The molecular formula is C17H32NO4PS. The molecule has 0 saturated carbocycles. The van der Waals surface area contributed by atoms with Gasteiger partial charge in [-0.2, -0.15) is 0 Å². The van der Waals surface area contributed by atoms with Gasteiger partial charge >= 0.3 is 6.09 Å². The van der Waals surface area contributed by atoms with E-state index < -0.39 is 6.57 Å². The summed E-state index contributed by atoms with van der Waals surface area (Å²) in [7, 11) is 0. The number of hydrogen-bond acceptors (Lipinski definition) is 5. The zero-order valence-electron chi connectivity index (χ0n) is 15.0. The fourth-order valence-electron chi connectivity index (χ4n) is 2.49. The second-order valence-corrected chi connectivity index (χ2v) is 11.4. The lowest BCUT2D eigenvalue weighted by Crippen LogP contribution is -2.30. The van der Waals surface area contributed by atoms with Gasteiger partial charge in [-0.3, -0.25) is 4.57 Å². The van der Waals surface area contributed by atoms with E-state index in [1.54, 1.807) is 12.9 Å². The lowest BCUT2D eigenvalue weighted by molar-refractivity contribution is 0.0863. The number of alkyl carbamates (subject to hydrolysis) is 1. The Bertz CT molecular complexity index is 431. The molecule has 0 fully saturated rings. The number of amides is 1. The zero-order valence-corrected chi connectivity index (χ0v) is 16.7. The van der Waals surface area contributed by atoms with Crippen LogP contribution in [-0.4, -0.2) is 38.3 Å². The van der Waals surface area contributed by atoms with Crippen LogP contribution < -0.4 is 5.32 Å². The summed E-state index contributed by atoms with van der Waals surface area (Å²) in [5.74, 6) is 0. The van der Waals surface area contributed by atoms with Gasteiger partial charge in [0, 0.05) is 13.2 Å². The highest BCUT2D eigenvalue weighted by molar-refractivity contribution is 8.56. The molecule has 0 spiro atoms. The van der Waals surface area contributed by atoms with Gasteiger partial charge in [0.2, 0.25) is 0 Å². The first kappa shape index (κ1) is 21.6. The SMILES string of the molecule is CSP(C)(=O)OCCCCCCNC(=O)OC1CC/C=C/CCC1. The minimum absolute atomic E-state index is 0.0493. The predicted molar refractivity (Wildman–Crippen MR) is 102 cm³/mol. The molecule has 2 atom stereocenters. The van der Waals surface area contributed by atoms with Crippen molar-refractivity contribution in [3.8, 4) is 0 Å². The van der Waals surface area contributed by atoms with E-state index in [2.05, 4.69) is 17.5 Å². The van der Waals surface area contributed by atoms with Gasteiger partial charge in [0.05, 0.1) is 6.61 Å². The van der Waals surface area contributed by atoms with Crippen LogP contribution >= 0.6 is 18.0 Å². The van der Waals surface area contributed by atoms with Crippen molar-refractivity contribution < 1.29 is 18.6 Å². The largest absolute Gasteiger partial charge is 0.446 e. The number of ether oxygens (including phenoxy) is 1. The van der Waals surface area contributed by atoms with Crippen molar-refractivity contribution in [3.63, 3.8) is 0 Å². The van der Waals surface area contributed by atoms with Crippen LogP contribution in [0.5, 0.6) is 0 Å². The van der Waals surface area contributed by atoms with Crippen LogP contribution in [0.25, 0.3) is 0 Å². The van der Waals surface area contributed by atoms with Gasteiger partial charge in [-0.05, 0) is 51.2 Å². The van der Waals surface area contributed by atoms with Gasteiger partial charge < -0.3 is 14.6 Å². The highest BCUT2D eigenvalue weighted by Gasteiger charge is 2.14. The molecule has 1 amide bonds. The van der Waals surface area contributed by atoms with E-state index in [9.17, 15) is 9.36 Å². The highest BCUT2D eigenvalue weighted by atomic mass is 32.7. The van der Waals surface area contributed by atoms with Gasteiger partial charge in [0.15, 0.2) is 0 Å². The van der Waals surface area contributed by atoms with E-state index in [4.69, 9.17) is 9.26 Å². The smallest absolute Gasteiger partial charge is 0.407 e. The van der Waals surface area contributed by atoms with Crippen LogP contribution in [0.2, 0.25) is 0 Å². The molecule has 0 aliphatic heterocycles. The molecule has 0 heterocycles. The summed E-state index contributed by atoms with van der Waals surface area (Å²) in [6.07, 6.45) is 14.8. The van der Waals surface area contributed by atoms with Gasteiger partial charge in [0.25, 0.3) is 6.57 Å². The maximum Gasteiger partial charge on any atom is 0.407 e. The first-order valence-corrected chi connectivity index (χ1v) is 12.8. The lowest BCUT2D eigenvalue weighted by Gasteiger charge is -2.18. The van der Waals surface area contributed by atoms with Gasteiger partial charge in [0.1, 0.15) is 6.10 Å².